The smallest absolute Gasteiger partial charge is 0.340 e. The highest BCUT2D eigenvalue weighted by Crippen LogP contribution is 2.51. The summed E-state index contributed by atoms with van der Waals surface area (Å²) in [6.45, 7) is 8.52. The second kappa shape index (κ2) is 9.66. The minimum atomic E-state index is -4.29. The molecule has 6 nitrogen and oxygen atoms in total. The summed E-state index contributed by atoms with van der Waals surface area (Å²) in [6, 6.07) is 7.92. The van der Waals surface area contributed by atoms with Gasteiger partial charge in [0, 0.05) is 35.4 Å². The third kappa shape index (κ3) is 5.43. The van der Waals surface area contributed by atoms with E-state index in [1.807, 2.05) is 20.8 Å². The molecule has 38 heavy (non-hydrogen) atoms. The van der Waals surface area contributed by atoms with E-state index in [0.717, 1.165) is 5.56 Å². The molecule has 0 bridgehead atoms. The Morgan fingerprint density at radius 3 is 2.45 bits per heavy atom. The van der Waals surface area contributed by atoms with Gasteiger partial charge in [-0.25, -0.2) is 22.2 Å². The van der Waals surface area contributed by atoms with Gasteiger partial charge >= 0.3 is 12.3 Å². The minimum Gasteiger partial charge on any atom is -0.487 e. The summed E-state index contributed by atoms with van der Waals surface area (Å²) in [6.07, 6.45) is -1.41. The number of alkyl halides is 4. The maximum Gasteiger partial charge on any atom is 0.340 e. The zero-order valence-corrected chi connectivity index (χ0v) is 22.3. The van der Waals surface area contributed by atoms with Crippen LogP contribution in [0.2, 0.25) is 0 Å². The summed E-state index contributed by atoms with van der Waals surface area (Å²) in [5.74, 6) is -3.96. The average molecular weight is 555 g/mol. The van der Waals surface area contributed by atoms with Crippen LogP contribution in [0.1, 0.15) is 56.0 Å². The Hall–Kier alpha value is -2.95. The summed E-state index contributed by atoms with van der Waals surface area (Å²) >= 11 is 0. The number of hydrogen-bond acceptors (Lipinski definition) is 6. The Balaban J connectivity index is 1.59. The van der Waals surface area contributed by atoms with Crippen molar-refractivity contribution >= 4 is 27.1 Å². The van der Waals surface area contributed by atoms with E-state index in [1.165, 1.54) is 18.3 Å². The van der Waals surface area contributed by atoms with E-state index in [-0.39, 0.29) is 29.5 Å². The molecule has 1 fully saturated rings. The second-order valence-corrected chi connectivity index (χ2v) is 13.2. The molecule has 206 valence electrons. The Kier molecular flexibility index (Phi) is 7.14. The van der Waals surface area contributed by atoms with Gasteiger partial charge in [-0.05, 0) is 48.1 Å². The molecule has 1 saturated heterocycles. The lowest BCUT2D eigenvalue weighted by Crippen LogP contribution is -2.33. The number of rotatable bonds is 8. The number of carbonyl (C=O) groups is 1. The Morgan fingerprint density at radius 1 is 1.16 bits per heavy atom. The van der Waals surface area contributed by atoms with Crippen LogP contribution in [0.15, 0.2) is 48.8 Å². The van der Waals surface area contributed by atoms with E-state index in [0.29, 0.717) is 35.6 Å². The van der Waals surface area contributed by atoms with Crippen molar-refractivity contribution in [2.75, 3.05) is 23.0 Å². The number of aromatic nitrogens is 1. The number of sulfone groups is 1. The fourth-order valence-electron chi connectivity index (χ4n) is 4.80. The van der Waals surface area contributed by atoms with Crippen LogP contribution in [0.25, 0.3) is 0 Å². The van der Waals surface area contributed by atoms with E-state index in [9.17, 15) is 30.8 Å². The first-order chi connectivity index (χ1) is 17.5. The highest BCUT2D eigenvalue weighted by Gasteiger charge is 2.43. The average Bonchev–Trinajstić information content (AvgIpc) is 3.05. The zero-order valence-electron chi connectivity index (χ0n) is 21.4. The summed E-state index contributed by atoms with van der Waals surface area (Å²) in [5, 5.41) is 0. The van der Waals surface area contributed by atoms with Crippen molar-refractivity contribution < 1.29 is 35.5 Å². The van der Waals surface area contributed by atoms with Crippen LogP contribution < -0.4 is 9.64 Å². The molecule has 0 atom stereocenters. The van der Waals surface area contributed by atoms with Gasteiger partial charge in [-0.1, -0.05) is 27.4 Å². The molecular formula is C27H30F4N2O4S. The molecule has 0 aliphatic carbocycles. The number of ketones is 1. The van der Waals surface area contributed by atoms with Gasteiger partial charge in [-0.15, -0.1) is 0 Å². The van der Waals surface area contributed by atoms with E-state index >= 15 is 0 Å². The molecule has 0 spiro atoms. The van der Waals surface area contributed by atoms with Gasteiger partial charge in [0.1, 0.15) is 21.4 Å². The molecule has 2 aliphatic heterocycles. The van der Waals surface area contributed by atoms with Crippen LogP contribution in [-0.4, -0.2) is 49.6 Å². The number of benzene rings is 1. The fourth-order valence-corrected chi connectivity index (χ4v) is 6.61. The van der Waals surface area contributed by atoms with E-state index in [4.69, 9.17) is 4.74 Å². The first kappa shape index (κ1) is 28.1. The Morgan fingerprint density at radius 2 is 1.82 bits per heavy atom. The van der Waals surface area contributed by atoms with Gasteiger partial charge in [-0.3, -0.25) is 9.69 Å². The van der Waals surface area contributed by atoms with Crippen LogP contribution in [0, 0.1) is 5.41 Å². The number of Topliss-reactive ketones (excluding diaryl/α,β-unsaturated/α-hetero) is 1. The Labute approximate surface area is 219 Å². The highest BCUT2D eigenvalue weighted by atomic mass is 32.2. The topological polar surface area (TPSA) is 76.6 Å². The first-order valence-electron chi connectivity index (χ1n) is 12.2. The lowest BCUT2D eigenvalue weighted by Gasteiger charge is -2.32. The molecule has 4 rings (SSSR count). The van der Waals surface area contributed by atoms with Crippen molar-refractivity contribution in [2.45, 2.75) is 57.8 Å². The van der Waals surface area contributed by atoms with Crippen LogP contribution >= 0.6 is 0 Å². The lowest BCUT2D eigenvalue weighted by atomic mass is 9.77. The number of halogens is 4. The largest absolute Gasteiger partial charge is 0.487 e. The van der Waals surface area contributed by atoms with E-state index < -0.39 is 39.6 Å². The number of carbonyl (C=O) groups excluding carboxylic acids is 1. The fraction of sp³-hybridized carbons (Fsp3) is 0.481. The maximum atomic E-state index is 13.3. The molecule has 2 aromatic rings. The summed E-state index contributed by atoms with van der Waals surface area (Å²) in [7, 11) is -3.05. The number of nitrogens with zero attached hydrogens (tertiary/aromatic N) is 2. The molecule has 3 heterocycles. The van der Waals surface area contributed by atoms with Crippen LogP contribution in [0.5, 0.6) is 5.75 Å². The number of anilines is 2. The summed E-state index contributed by atoms with van der Waals surface area (Å²) in [4.78, 5) is 19.3. The first-order valence-corrected chi connectivity index (χ1v) is 14.0. The van der Waals surface area contributed by atoms with Crippen molar-refractivity contribution in [3.8, 4) is 5.75 Å². The summed E-state index contributed by atoms with van der Waals surface area (Å²) in [5.41, 5.74) is 1.61. The van der Waals surface area contributed by atoms with Gasteiger partial charge < -0.3 is 4.74 Å². The third-order valence-corrected chi connectivity index (χ3v) is 9.19. The molecule has 11 heteroatoms. The number of allylic oxidation sites excluding steroid dienone is 1. The van der Waals surface area contributed by atoms with Crippen molar-refractivity contribution in [3.63, 3.8) is 0 Å². The number of fused-ring (bicyclic) bond motifs is 1. The molecule has 0 radical (unpaired) electrons. The van der Waals surface area contributed by atoms with Gasteiger partial charge in [0.2, 0.25) is 0 Å². The van der Waals surface area contributed by atoms with Gasteiger partial charge in [0.25, 0.3) is 0 Å². The molecule has 1 aromatic heterocycles. The predicted molar refractivity (Wildman–Crippen MR) is 136 cm³/mol. The number of ether oxygens (including phenoxy) is 1. The molecule has 2 aliphatic rings. The second-order valence-electron chi connectivity index (χ2n) is 10.9. The third-order valence-electron chi connectivity index (χ3n) is 7.54. The minimum absolute atomic E-state index is 0.0519. The van der Waals surface area contributed by atoms with Gasteiger partial charge in [0.05, 0.1) is 17.2 Å². The van der Waals surface area contributed by atoms with Crippen molar-refractivity contribution in [1.82, 2.24) is 4.98 Å². The molecule has 1 aromatic carbocycles. The van der Waals surface area contributed by atoms with Crippen LogP contribution in [0.4, 0.5) is 29.1 Å². The maximum absolute atomic E-state index is 13.3. The molecule has 0 unspecified atom stereocenters. The molecule has 0 amide bonds. The van der Waals surface area contributed by atoms with E-state index in [1.54, 1.807) is 23.1 Å². The highest BCUT2D eigenvalue weighted by molar-refractivity contribution is 7.91. The van der Waals surface area contributed by atoms with Crippen LogP contribution in [0.3, 0.4) is 0 Å². The van der Waals surface area contributed by atoms with Crippen molar-refractivity contribution in [2.24, 2.45) is 5.41 Å². The quantitative estimate of drug-likeness (QED) is 0.290. The Bertz CT molecular complexity index is 1360. The SMILES string of the molecule is C=C1N(c2cc(OCC(F)(F)C(F)F)ccn2)c2ccc(C(=O)CC3(C)CCS(=O)(=O)CC3)cc2C1(C)C. The monoisotopic (exact) mass is 554 g/mol. The van der Waals surface area contributed by atoms with Crippen molar-refractivity contribution in [1.29, 1.82) is 0 Å². The van der Waals surface area contributed by atoms with Crippen molar-refractivity contribution in [3.05, 3.63) is 59.9 Å². The molecule has 0 saturated carbocycles. The predicted octanol–water partition coefficient (Wildman–Crippen LogP) is 6.09. The zero-order chi connectivity index (χ0) is 28.1. The van der Waals surface area contributed by atoms with Gasteiger partial charge in [0.15, 0.2) is 12.4 Å². The van der Waals surface area contributed by atoms with Crippen LogP contribution in [-0.2, 0) is 15.3 Å². The molecular weight excluding hydrogens is 524 g/mol. The standard InChI is InChI=1S/C27H30F4N2O4S/c1-17-25(2,3)20-13-18(22(34)15-26(4)8-11-38(35,36)12-9-26)5-6-21(20)33(17)23-14-19(7-10-32-23)37-16-27(30,31)24(28)29/h5-7,10,13-14,24H,1,8-9,11-12,15-16H2,2-4H3. The normalized spacial score (nSPS) is 19.9. The summed E-state index contributed by atoms with van der Waals surface area (Å²) < 4.78 is 80.3. The lowest BCUT2D eigenvalue weighted by molar-refractivity contribution is -0.148. The number of hydrogen-bond donors (Lipinski definition) is 0. The van der Waals surface area contributed by atoms with Gasteiger partial charge in [-0.2, -0.15) is 8.78 Å². The molecule has 0 N–H and O–H groups in total. The number of pyridine rings is 1. The van der Waals surface area contributed by atoms with E-state index in [2.05, 4.69) is 11.6 Å².